The van der Waals surface area contributed by atoms with Gasteiger partial charge in [-0.25, -0.2) is 0 Å². The van der Waals surface area contributed by atoms with Crippen molar-refractivity contribution in [2.75, 3.05) is 24.6 Å². The fraction of sp³-hybridized carbons (Fsp3) is 0.500. The van der Waals surface area contributed by atoms with Crippen molar-refractivity contribution in [1.82, 2.24) is 9.47 Å². The van der Waals surface area contributed by atoms with Gasteiger partial charge in [-0.15, -0.1) is 11.8 Å². The summed E-state index contributed by atoms with van der Waals surface area (Å²) >= 11 is 6.30. The number of aryl methyl sites for hydroxylation is 1. The first-order chi connectivity index (χ1) is 12.4. The number of hydrogen-bond acceptors (Lipinski definition) is 4. The molecule has 1 fully saturated rings. The zero-order valence-electron chi connectivity index (χ0n) is 14.9. The molecule has 0 bridgehead atoms. The Bertz CT molecular complexity index is 890. The largest absolute Gasteiger partial charge is 0.342 e. The third-order valence-corrected chi connectivity index (χ3v) is 6.94. The molecule has 8 heteroatoms. The molecule has 0 radical (unpaired) electrons. The first kappa shape index (κ1) is 19.6. The molecule has 1 unspecified atom stereocenters. The highest BCUT2D eigenvalue weighted by atomic mass is 79.9. The number of halogens is 1. The van der Waals surface area contributed by atoms with E-state index < -0.39 is 0 Å². The van der Waals surface area contributed by atoms with Gasteiger partial charge in [0.15, 0.2) is 4.80 Å². The van der Waals surface area contributed by atoms with Gasteiger partial charge in [0, 0.05) is 24.6 Å². The molecule has 0 spiro atoms. The van der Waals surface area contributed by atoms with E-state index in [1.807, 2.05) is 34.7 Å². The Morgan fingerprint density at radius 2 is 2.19 bits per heavy atom. The molecule has 1 aliphatic rings. The van der Waals surface area contributed by atoms with Gasteiger partial charge in [-0.05, 0) is 37.0 Å². The fourth-order valence-electron chi connectivity index (χ4n) is 3.09. The molecule has 0 aliphatic carbocycles. The van der Waals surface area contributed by atoms with Crippen LogP contribution in [0.5, 0.6) is 0 Å². The van der Waals surface area contributed by atoms with E-state index in [1.54, 1.807) is 0 Å². The number of carbonyl (C=O) groups excluding carboxylic acids is 2. The van der Waals surface area contributed by atoms with Crippen LogP contribution in [0.25, 0.3) is 10.2 Å². The molecule has 3 rings (SSSR count). The molecule has 2 amide bonds. The number of thiazole rings is 1. The van der Waals surface area contributed by atoms with Gasteiger partial charge in [-0.3, -0.25) is 9.59 Å². The number of thioether (sulfide) groups is 1. The number of likely N-dealkylation sites (tertiary alicyclic amines) is 1. The zero-order valence-corrected chi connectivity index (χ0v) is 18.1. The number of benzene rings is 1. The van der Waals surface area contributed by atoms with E-state index in [2.05, 4.69) is 27.8 Å². The maximum atomic E-state index is 12.2. The number of hydrogen-bond donors (Lipinski definition) is 0. The van der Waals surface area contributed by atoms with E-state index in [4.69, 9.17) is 0 Å². The summed E-state index contributed by atoms with van der Waals surface area (Å²) in [5.74, 6) is 1.08. The molecular formula is C18H22BrN3O2S2. The van der Waals surface area contributed by atoms with Crippen LogP contribution in [0, 0.1) is 5.92 Å². The molecule has 2 aromatic rings. The maximum Gasteiger partial charge on any atom is 0.258 e. The Labute approximate surface area is 169 Å². The molecule has 5 nitrogen and oxygen atoms in total. The minimum absolute atomic E-state index is 0.131. The first-order valence-electron chi connectivity index (χ1n) is 8.62. The van der Waals surface area contributed by atoms with Crippen molar-refractivity contribution in [1.29, 1.82) is 0 Å². The van der Waals surface area contributed by atoms with E-state index >= 15 is 0 Å². The molecule has 1 aliphatic heterocycles. The van der Waals surface area contributed by atoms with E-state index in [-0.39, 0.29) is 17.6 Å². The lowest BCUT2D eigenvalue weighted by molar-refractivity contribution is -0.130. The lowest BCUT2D eigenvalue weighted by Crippen LogP contribution is -2.40. The van der Waals surface area contributed by atoms with E-state index in [0.29, 0.717) is 16.5 Å². The van der Waals surface area contributed by atoms with Crippen molar-refractivity contribution in [3.63, 3.8) is 0 Å². The van der Waals surface area contributed by atoms with Gasteiger partial charge in [0.2, 0.25) is 5.91 Å². The number of piperidine rings is 1. The molecule has 1 aromatic carbocycles. The van der Waals surface area contributed by atoms with Crippen molar-refractivity contribution in [2.24, 2.45) is 18.0 Å². The normalized spacial score (nSPS) is 18.5. The van der Waals surface area contributed by atoms with Crippen LogP contribution in [0.2, 0.25) is 0 Å². The first-order valence-corrected chi connectivity index (χ1v) is 11.4. The lowest BCUT2D eigenvalue weighted by Gasteiger charge is -2.30. The average Bonchev–Trinajstić information content (AvgIpc) is 2.89. The SMILES string of the molecule is CC1CCCN(C(=O)CSCC(=O)N=c2sc3cc(Br)ccc3n2C)C1. The average molecular weight is 456 g/mol. The summed E-state index contributed by atoms with van der Waals surface area (Å²) in [6, 6.07) is 6.01. The quantitative estimate of drug-likeness (QED) is 0.709. The molecule has 0 N–H and O–H groups in total. The highest BCUT2D eigenvalue weighted by molar-refractivity contribution is 9.10. The van der Waals surface area contributed by atoms with Gasteiger partial charge in [0.05, 0.1) is 21.7 Å². The highest BCUT2D eigenvalue weighted by Crippen LogP contribution is 2.21. The van der Waals surface area contributed by atoms with Crippen molar-refractivity contribution in [3.8, 4) is 0 Å². The van der Waals surface area contributed by atoms with Crippen LogP contribution in [0.15, 0.2) is 27.7 Å². The number of nitrogens with zero attached hydrogens (tertiary/aromatic N) is 3. The lowest BCUT2D eigenvalue weighted by atomic mass is 10.0. The fourth-order valence-corrected chi connectivity index (χ4v) is 5.37. The van der Waals surface area contributed by atoms with Gasteiger partial charge in [-0.2, -0.15) is 4.99 Å². The predicted molar refractivity (Wildman–Crippen MR) is 111 cm³/mol. The third kappa shape index (κ3) is 4.78. The molecule has 1 aromatic heterocycles. The minimum atomic E-state index is -0.198. The molecule has 140 valence electrons. The van der Waals surface area contributed by atoms with Gasteiger partial charge < -0.3 is 9.47 Å². The van der Waals surface area contributed by atoms with Gasteiger partial charge in [0.25, 0.3) is 5.91 Å². The Balaban J connectivity index is 1.58. The van der Waals surface area contributed by atoms with Gasteiger partial charge >= 0.3 is 0 Å². The van der Waals surface area contributed by atoms with Gasteiger partial charge in [-0.1, -0.05) is 34.2 Å². The number of aromatic nitrogens is 1. The summed E-state index contributed by atoms with van der Waals surface area (Å²) in [4.78, 5) is 31.3. The number of carbonyl (C=O) groups is 2. The minimum Gasteiger partial charge on any atom is -0.342 e. The molecular weight excluding hydrogens is 434 g/mol. The van der Waals surface area contributed by atoms with Crippen LogP contribution in [0.1, 0.15) is 19.8 Å². The molecule has 2 heterocycles. The summed E-state index contributed by atoms with van der Waals surface area (Å²) in [7, 11) is 1.91. The van der Waals surface area contributed by atoms with Crippen LogP contribution in [-0.2, 0) is 16.6 Å². The molecule has 1 saturated heterocycles. The van der Waals surface area contributed by atoms with Gasteiger partial charge in [0.1, 0.15) is 0 Å². The number of amides is 2. The predicted octanol–water partition coefficient (Wildman–Crippen LogP) is 3.42. The highest BCUT2D eigenvalue weighted by Gasteiger charge is 2.20. The molecule has 1 atom stereocenters. The Morgan fingerprint density at radius 1 is 1.38 bits per heavy atom. The second-order valence-electron chi connectivity index (χ2n) is 6.64. The van der Waals surface area contributed by atoms with Crippen LogP contribution in [-0.4, -0.2) is 45.9 Å². The van der Waals surface area contributed by atoms with E-state index in [0.717, 1.165) is 34.2 Å². The smallest absolute Gasteiger partial charge is 0.258 e. The number of rotatable bonds is 4. The van der Waals surface area contributed by atoms with Crippen LogP contribution < -0.4 is 4.80 Å². The topological polar surface area (TPSA) is 54.7 Å². The van der Waals surface area contributed by atoms with Crippen molar-refractivity contribution >= 4 is 61.1 Å². The molecule has 0 saturated carbocycles. The summed E-state index contributed by atoms with van der Waals surface area (Å²) < 4.78 is 4.01. The summed E-state index contributed by atoms with van der Waals surface area (Å²) in [6.07, 6.45) is 2.27. The van der Waals surface area contributed by atoms with Crippen molar-refractivity contribution in [2.45, 2.75) is 19.8 Å². The summed E-state index contributed by atoms with van der Waals surface area (Å²) in [5, 5.41) is 0. The monoisotopic (exact) mass is 455 g/mol. The van der Waals surface area contributed by atoms with Crippen LogP contribution in [0.4, 0.5) is 0 Å². The second-order valence-corrected chi connectivity index (χ2v) is 9.55. The number of fused-ring (bicyclic) bond motifs is 1. The Morgan fingerprint density at radius 3 is 2.96 bits per heavy atom. The Hall–Kier alpha value is -1.12. The standard InChI is InChI=1S/C18H22BrN3O2S2/c1-12-4-3-7-22(9-12)17(24)11-25-10-16(23)20-18-21(2)14-6-5-13(19)8-15(14)26-18/h5-6,8,12H,3-4,7,9-11H2,1-2H3. The third-order valence-electron chi connectivity index (χ3n) is 4.45. The second kappa shape index (κ2) is 8.71. The maximum absolute atomic E-state index is 12.2. The zero-order chi connectivity index (χ0) is 18.7. The summed E-state index contributed by atoms with van der Waals surface area (Å²) in [5.41, 5.74) is 1.05. The Kier molecular flexibility index (Phi) is 6.58. The van der Waals surface area contributed by atoms with Crippen LogP contribution in [0.3, 0.4) is 0 Å². The molecule has 26 heavy (non-hydrogen) atoms. The van der Waals surface area contributed by atoms with Crippen LogP contribution >= 0.6 is 39.0 Å². The summed E-state index contributed by atoms with van der Waals surface area (Å²) in [6.45, 7) is 3.86. The van der Waals surface area contributed by atoms with Crippen molar-refractivity contribution in [3.05, 3.63) is 27.5 Å². The van der Waals surface area contributed by atoms with E-state index in [1.165, 1.54) is 29.5 Å². The van der Waals surface area contributed by atoms with E-state index in [9.17, 15) is 9.59 Å². The van der Waals surface area contributed by atoms with Crippen molar-refractivity contribution < 1.29 is 9.59 Å².